The Bertz CT molecular complexity index is 480. The van der Waals surface area contributed by atoms with Crippen LogP contribution in [0.1, 0.15) is 69.0 Å². The number of unbranched alkanes of at least 4 members (excludes halogenated alkanes) is 1. The van der Waals surface area contributed by atoms with Gasteiger partial charge in [-0.25, -0.2) is 4.98 Å². The summed E-state index contributed by atoms with van der Waals surface area (Å²) < 4.78 is 0. The van der Waals surface area contributed by atoms with Gasteiger partial charge in [0.05, 0.1) is 0 Å². The summed E-state index contributed by atoms with van der Waals surface area (Å²) in [6.45, 7) is 9.39. The molecule has 0 spiro atoms. The fraction of sp³-hybridized carbons (Fsp3) is 0.737. The number of likely N-dealkylation sites (tertiary alicyclic amines) is 1. The van der Waals surface area contributed by atoms with Gasteiger partial charge in [-0.3, -0.25) is 4.90 Å². The van der Waals surface area contributed by atoms with Crippen LogP contribution in [0.5, 0.6) is 0 Å². The van der Waals surface area contributed by atoms with Crippen LogP contribution in [-0.4, -0.2) is 36.1 Å². The van der Waals surface area contributed by atoms with Gasteiger partial charge < -0.3 is 4.90 Å². The summed E-state index contributed by atoms with van der Waals surface area (Å²) in [5.74, 6) is 1.22. The lowest BCUT2D eigenvalue weighted by Gasteiger charge is -2.30. The van der Waals surface area contributed by atoms with Gasteiger partial charge in [0.25, 0.3) is 0 Å². The minimum Gasteiger partial charge on any atom is -0.356 e. The predicted octanol–water partition coefficient (Wildman–Crippen LogP) is 4.32. The number of anilines is 1. The molecular formula is C19H31N3. The van der Waals surface area contributed by atoms with Crippen LogP contribution in [0.2, 0.25) is 0 Å². The van der Waals surface area contributed by atoms with E-state index < -0.39 is 0 Å². The van der Waals surface area contributed by atoms with Crippen molar-refractivity contribution in [2.45, 2.75) is 64.8 Å². The smallest absolute Gasteiger partial charge is 0.131 e. The molecule has 0 bridgehead atoms. The molecule has 2 saturated heterocycles. The maximum absolute atomic E-state index is 4.86. The van der Waals surface area contributed by atoms with Crippen LogP contribution in [0, 0.1) is 6.92 Å². The van der Waals surface area contributed by atoms with Crippen molar-refractivity contribution in [3.05, 3.63) is 23.4 Å². The molecule has 3 heterocycles. The lowest BCUT2D eigenvalue weighted by Crippen LogP contribution is -2.31. The zero-order chi connectivity index (χ0) is 15.4. The molecule has 1 atom stereocenters. The Balaban J connectivity index is 1.73. The standard InChI is InChI=1S/C19H31N3/c1-3-4-10-21-13-8-9-18(21)17-14-16(2)19(20-15-17)22-11-6-5-7-12-22/h14-15,18H,3-13H2,1-2H3. The number of aromatic nitrogens is 1. The Labute approximate surface area is 135 Å². The van der Waals surface area contributed by atoms with Crippen LogP contribution < -0.4 is 4.90 Å². The summed E-state index contributed by atoms with van der Waals surface area (Å²) in [5.41, 5.74) is 2.80. The van der Waals surface area contributed by atoms with Crippen LogP contribution in [0.3, 0.4) is 0 Å². The van der Waals surface area contributed by atoms with E-state index in [-0.39, 0.29) is 0 Å². The minimum absolute atomic E-state index is 0.605. The molecule has 1 aromatic heterocycles. The molecule has 1 unspecified atom stereocenters. The van der Waals surface area contributed by atoms with E-state index in [1.807, 2.05) is 0 Å². The highest BCUT2D eigenvalue weighted by Crippen LogP contribution is 2.33. The van der Waals surface area contributed by atoms with Gasteiger partial charge in [0.15, 0.2) is 0 Å². The number of nitrogens with zero attached hydrogens (tertiary/aromatic N) is 3. The first-order valence-corrected chi connectivity index (χ1v) is 9.25. The van der Waals surface area contributed by atoms with Crippen LogP contribution in [-0.2, 0) is 0 Å². The molecule has 0 N–H and O–H groups in total. The largest absolute Gasteiger partial charge is 0.356 e. The Morgan fingerprint density at radius 1 is 1.14 bits per heavy atom. The second-order valence-electron chi connectivity index (χ2n) is 7.00. The van der Waals surface area contributed by atoms with Crippen molar-refractivity contribution in [1.82, 2.24) is 9.88 Å². The summed E-state index contributed by atoms with van der Waals surface area (Å²) >= 11 is 0. The lowest BCUT2D eigenvalue weighted by molar-refractivity contribution is 0.253. The fourth-order valence-electron chi connectivity index (χ4n) is 4.04. The molecule has 122 valence electrons. The van der Waals surface area contributed by atoms with Crippen LogP contribution in [0.15, 0.2) is 12.3 Å². The zero-order valence-corrected chi connectivity index (χ0v) is 14.4. The average Bonchev–Trinajstić information content (AvgIpc) is 3.02. The molecule has 3 nitrogen and oxygen atoms in total. The first-order chi connectivity index (χ1) is 10.8. The van der Waals surface area contributed by atoms with Crippen molar-refractivity contribution in [1.29, 1.82) is 0 Å². The Kier molecular flexibility index (Phi) is 5.35. The number of hydrogen-bond acceptors (Lipinski definition) is 3. The molecule has 1 aromatic rings. The van der Waals surface area contributed by atoms with E-state index in [1.54, 1.807) is 0 Å². The molecule has 3 rings (SSSR count). The molecule has 2 fully saturated rings. The molecule has 0 amide bonds. The van der Waals surface area contributed by atoms with Crippen LogP contribution in [0.4, 0.5) is 5.82 Å². The molecule has 0 saturated carbocycles. The Morgan fingerprint density at radius 2 is 1.95 bits per heavy atom. The van der Waals surface area contributed by atoms with E-state index in [0.717, 1.165) is 0 Å². The van der Waals surface area contributed by atoms with Crippen molar-refractivity contribution < 1.29 is 0 Å². The first kappa shape index (κ1) is 15.8. The second kappa shape index (κ2) is 7.45. The van der Waals surface area contributed by atoms with Gasteiger partial charge in [-0.15, -0.1) is 0 Å². The summed E-state index contributed by atoms with van der Waals surface area (Å²) in [5, 5.41) is 0. The molecule has 22 heavy (non-hydrogen) atoms. The normalized spacial score (nSPS) is 23.2. The lowest BCUT2D eigenvalue weighted by atomic mass is 10.0. The molecule has 0 aliphatic carbocycles. The van der Waals surface area contributed by atoms with E-state index in [1.165, 1.54) is 88.1 Å². The highest BCUT2D eigenvalue weighted by Gasteiger charge is 2.26. The van der Waals surface area contributed by atoms with Gasteiger partial charge in [0.2, 0.25) is 0 Å². The van der Waals surface area contributed by atoms with E-state index in [0.29, 0.717) is 6.04 Å². The van der Waals surface area contributed by atoms with Gasteiger partial charge in [0, 0.05) is 25.3 Å². The number of pyridine rings is 1. The van der Waals surface area contributed by atoms with Gasteiger partial charge in [-0.05, 0) is 75.7 Å². The molecule has 2 aliphatic rings. The predicted molar refractivity (Wildman–Crippen MR) is 93.5 cm³/mol. The molecule has 0 radical (unpaired) electrons. The van der Waals surface area contributed by atoms with Crippen molar-refractivity contribution >= 4 is 5.82 Å². The first-order valence-electron chi connectivity index (χ1n) is 9.25. The molecule has 2 aliphatic heterocycles. The number of hydrogen-bond donors (Lipinski definition) is 0. The maximum atomic E-state index is 4.86. The summed E-state index contributed by atoms with van der Waals surface area (Å²) in [4.78, 5) is 10.0. The monoisotopic (exact) mass is 301 g/mol. The van der Waals surface area contributed by atoms with E-state index in [9.17, 15) is 0 Å². The maximum Gasteiger partial charge on any atom is 0.131 e. The third kappa shape index (κ3) is 3.45. The van der Waals surface area contributed by atoms with Gasteiger partial charge in [-0.2, -0.15) is 0 Å². The van der Waals surface area contributed by atoms with Crippen LogP contribution >= 0.6 is 0 Å². The number of piperidine rings is 1. The minimum atomic E-state index is 0.605. The van der Waals surface area contributed by atoms with Crippen LogP contribution in [0.25, 0.3) is 0 Å². The topological polar surface area (TPSA) is 19.4 Å². The van der Waals surface area contributed by atoms with Crippen molar-refractivity contribution in [2.75, 3.05) is 31.1 Å². The SMILES string of the molecule is CCCCN1CCCC1c1cnc(N2CCCCC2)c(C)c1. The third-order valence-corrected chi connectivity index (χ3v) is 5.27. The zero-order valence-electron chi connectivity index (χ0n) is 14.4. The third-order valence-electron chi connectivity index (χ3n) is 5.27. The van der Waals surface area contributed by atoms with Gasteiger partial charge >= 0.3 is 0 Å². The highest BCUT2D eigenvalue weighted by atomic mass is 15.2. The Hall–Kier alpha value is -1.09. The fourth-order valence-corrected chi connectivity index (χ4v) is 4.04. The van der Waals surface area contributed by atoms with Crippen molar-refractivity contribution in [3.63, 3.8) is 0 Å². The quantitative estimate of drug-likeness (QED) is 0.807. The van der Waals surface area contributed by atoms with E-state index in [2.05, 4.69) is 35.9 Å². The van der Waals surface area contributed by atoms with E-state index in [4.69, 9.17) is 4.98 Å². The number of rotatable bonds is 5. The molecular weight excluding hydrogens is 270 g/mol. The summed E-state index contributed by atoms with van der Waals surface area (Å²) in [6.07, 6.45) is 11.4. The summed E-state index contributed by atoms with van der Waals surface area (Å²) in [6, 6.07) is 3.01. The van der Waals surface area contributed by atoms with Gasteiger partial charge in [-0.1, -0.05) is 13.3 Å². The average molecular weight is 301 g/mol. The van der Waals surface area contributed by atoms with Crippen molar-refractivity contribution in [2.24, 2.45) is 0 Å². The summed E-state index contributed by atoms with van der Waals surface area (Å²) in [7, 11) is 0. The van der Waals surface area contributed by atoms with Crippen molar-refractivity contribution in [3.8, 4) is 0 Å². The van der Waals surface area contributed by atoms with Gasteiger partial charge in [0.1, 0.15) is 5.82 Å². The second-order valence-corrected chi connectivity index (χ2v) is 7.00. The Morgan fingerprint density at radius 3 is 2.68 bits per heavy atom. The molecule has 3 heteroatoms. The molecule has 0 aromatic carbocycles. The number of aryl methyl sites for hydroxylation is 1. The highest BCUT2D eigenvalue weighted by molar-refractivity contribution is 5.48. The van der Waals surface area contributed by atoms with E-state index >= 15 is 0 Å².